The highest BCUT2D eigenvalue weighted by Gasteiger charge is 2.22. The van der Waals surface area contributed by atoms with Gasteiger partial charge in [0.05, 0.1) is 17.4 Å². The third-order valence-corrected chi connectivity index (χ3v) is 5.04. The molecule has 0 atom stereocenters. The minimum absolute atomic E-state index is 0.0172. The van der Waals surface area contributed by atoms with Crippen LogP contribution in [0.4, 0.5) is 0 Å². The van der Waals surface area contributed by atoms with Crippen molar-refractivity contribution in [2.75, 3.05) is 26.2 Å². The number of hydrogen-bond acceptors (Lipinski definition) is 4. The molecular weight excluding hydrogens is 364 g/mol. The number of amides is 1. The maximum atomic E-state index is 12.6. The van der Waals surface area contributed by atoms with Crippen molar-refractivity contribution >= 4 is 28.4 Å². The van der Waals surface area contributed by atoms with Crippen LogP contribution < -0.4 is 5.56 Å². The number of H-pyrrole nitrogens is 1. The lowest BCUT2D eigenvalue weighted by molar-refractivity contribution is 0.0625. The van der Waals surface area contributed by atoms with Gasteiger partial charge in [-0.2, -0.15) is 0 Å². The van der Waals surface area contributed by atoms with E-state index < -0.39 is 0 Å². The van der Waals surface area contributed by atoms with Gasteiger partial charge in [0.25, 0.3) is 11.5 Å². The maximum Gasteiger partial charge on any atom is 0.258 e. The van der Waals surface area contributed by atoms with E-state index in [2.05, 4.69) is 14.9 Å². The van der Waals surface area contributed by atoms with Crippen LogP contribution in [0.15, 0.2) is 53.3 Å². The summed E-state index contributed by atoms with van der Waals surface area (Å²) in [4.78, 5) is 36.2. The van der Waals surface area contributed by atoms with Crippen molar-refractivity contribution in [3.05, 3.63) is 75.3 Å². The van der Waals surface area contributed by atoms with Gasteiger partial charge in [-0.1, -0.05) is 23.7 Å². The summed E-state index contributed by atoms with van der Waals surface area (Å²) in [6.07, 6.45) is 0. The first-order chi connectivity index (χ1) is 13.1. The highest BCUT2D eigenvalue weighted by molar-refractivity contribution is 6.30. The molecule has 3 aromatic rings. The number of nitrogens with zero attached hydrogens (tertiary/aromatic N) is 3. The molecule has 1 saturated heterocycles. The fourth-order valence-electron chi connectivity index (χ4n) is 3.31. The zero-order chi connectivity index (χ0) is 18.8. The second-order valence-corrected chi connectivity index (χ2v) is 7.04. The Kier molecular flexibility index (Phi) is 4.92. The summed E-state index contributed by atoms with van der Waals surface area (Å²) in [6.45, 7) is 3.30. The van der Waals surface area contributed by atoms with Crippen LogP contribution in [0.25, 0.3) is 10.9 Å². The largest absolute Gasteiger partial charge is 0.336 e. The van der Waals surface area contributed by atoms with Gasteiger partial charge >= 0.3 is 0 Å². The smallest absolute Gasteiger partial charge is 0.258 e. The molecule has 0 saturated carbocycles. The van der Waals surface area contributed by atoms with Crippen molar-refractivity contribution in [2.45, 2.75) is 6.54 Å². The zero-order valence-electron chi connectivity index (χ0n) is 14.7. The molecule has 1 fully saturated rings. The Morgan fingerprint density at radius 1 is 1.04 bits per heavy atom. The van der Waals surface area contributed by atoms with Crippen LogP contribution in [0, 0.1) is 0 Å². The van der Waals surface area contributed by atoms with Gasteiger partial charge in [0.1, 0.15) is 5.82 Å². The summed E-state index contributed by atoms with van der Waals surface area (Å²) in [7, 11) is 0. The molecule has 1 aliphatic rings. The Morgan fingerprint density at radius 2 is 1.74 bits per heavy atom. The fourth-order valence-corrected chi connectivity index (χ4v) is 3.43. The molecule has 138 valence electrons. The van der Waals surface area contributed by atoms with E-state index in [9.17, 15) is 9.59 Å². The molecular formula is C20H19ClN4O2. The van der Waals surface area contributed by atoms with E-state index in [1.807, 2.05) is 23.1 Å². The van der Waals surface area contributed by atoms with Gasteiger partial charge in [-0.3, -0.25) is 14.5 Å². The fraction of sp³-hybridized carbons (Fsp3) is 0.250. The van der Waals surface area contributed by atoms with Gasteiger partial charge in [0.2, 0.25) is 0 Å². The molecule has 4 rings (SSSR count). The number of benzene rings is 2. The Balaban J connectivity index is 1.40. The zero-order valence-corrected chi connectivity index (χ0v) is 15.4. The standard InChI is InChI=1S/C20H19ClN4O2/c21-15-7-5-14(6-8-15)20(27)25-11-9-24(10-12-25)13-18-22-17-4-2-1-3-16(17)19(26)23-18/h1-8H,9-13H2,(H,22,23,26). The van der Waals surface area contributed by atoms with Crippen LogP contribution in [-0.2, 0) is 6.54 Å². The number of para-hydroxylation sites is 1. The number of halogens is 1. The number of aromatic amines is 1. The summed E-state index contributed by atoms with van der Waals surface area (Å²) in [5, 5.41) is 1.22. The second-order valence-electron chi connectivity index (χ2n) is 6.61. The Hall–Kier alpha value is -2.70. The molecule has 1 N–H and O–H groups in total. The topological polar surface area (TPSA) is 69.3 Å². The number of hydrogen-bond donors (Lipinski definition) is 1. The molecule has 1 aromatic heterocycles. The SMILES string of the molecule is O=C(c1ccc(Cl)cc1)N1CCN(Cc2nc3ccccc3c(=O)[nH]2)CC1. The summed E-state index contributed by atoms with van der Waals surface area (Å²) in [5.74, 6) is 0.666. The lowest BCUT2D eigenvalue weighted by Crippen LogP contribution is -2.48. The Morgan fingerprint density at radius 3 is 2.48 bits per heavy atom. The molecule has 27 heavy (non-hydrogen) atoms. The summed E-state index contributed by atoms with van der Waals surface area (Å²) in [5.41, 5.74) is 1.23. The average molecular weight is 383 g/mol. The van der Waals surface area contributed by atoms with Gasteiger partial charge < -0.3 is 9.88 Å². The minimum Gasteiger partial charge on any atom is -0.336 e. The number of fused-ring (bicyclic) bond motifs is 1. The van der Waals surface area contributed by atoms with Crippen LogP contribution >= 0.6 is 11.6 Å². The van der Waals surface area contributed by atoms with E-state index in [0.29, 0.717) is 46.9 Å². The normalized spacial score (nSPS) is 15.2. The molecule has 0 spiro atoms. The first-order valence-corrected chi connectivity index (χ1v) is 9.23. The lowest BCUT2D eigenvalue weighted by Gasteiger charge is -2.34. The van der Waals surface area contributed by atoms with Crippen LogP contribution in [0.1, 0.15) is 16.2 Å². The van der Waals surface area contributed by atoms with Gasteiger partial charge in [-0.25, -0.2) is 4.98 Å². The monoisotopic (exact) mass is 382 g/mol. The highest BCUT2D eigenvalue weighted by atomic mass is 35.5. The third-order valence-electron chi connectivity index (χ3n) is 4.79. The summed E-state index contributed by atoms with van der Waals surface area (Å²) in [6, 6.07) is 14.3. The number of nitrogens with one attached hydrogen (secondary N) is 1. The van der Waals surface area contributed by atoms with Crippen molar-refractivity contribution in [1.29, 1.82) is 0 Å². The molecule has 0 radical (unpaired) electrons. The van der Waals surface area contributed by atoms with Crippen LogP contribution in [-0.4, -0.2) is 51.9 Å². The number of carbonyl (C=O) groups is 1. The average Bonchev–Trinajstić information content (AvgIpc) is 2.69. The van der Waals surface area contributed by atoms with E-state index in [0.717, 1.165) is 13.1 Å². The van der Waals surface area contributed by atoms with E-state index >= 15 is 0 Å². The van der Waals surface area contributed by atoms with Gasteiger partial charge in [0, 0.05) is 36.8 Å². The molecule has 0 aliphatic carbocycles. The summed E-state index contributed by atoms with van der Waals surface area (Å²) >= 11 is 5.88. The van der Waals surface area contributed by atoms with E-state index in [-0.39, 0.29) is 11.5 Å². The Bertz CT molecular complexity index is 1020. The highest BCUT2D eigenvalue weighted by Crippen LogP contribution is 2.14. The number of aromatic nitrogens is 2. The molecule has 0 bridgehead atoms. The second kappa shape index (κ2) is 7.50. The van der Waals surface area contributed by atoms with Crippen molar-refractivity contribution in [3.8, 4) is 0 Å². The Labute approximate surface area is 161 Å². The van der Waals surface area contributed by atoms with Crippen LogP contribution in [0.2, 0.25) is 5.02 Å². The molecule has 0 unspecified atom stereocenters. The van der Waals surface area contributed by atoms with E-state index in [1.54, 1.807) is 30.3 Å². The first-order valence-electron chi connectivity index (χ1n) is 8.85. The van der Waals surface area contributed by atoms with Crippen molar-refractivity contribution in [2.24, 2.45) is 0 Å². The molecule has 2 aromatic carbocycles. The third kappa shape index (κ3) is 3.86. The summed E-state index contributed by atoms with van der Waals surface area (Å²) < 4.78 is 0. The van der Waals surface area contributed by atoms with E-state index in [1.165, 1.54) is 0 Å². The number of rotatable bonds is 3. The van der Waals surface area contributed by atoms with Crippen LogP contribution in [0.3, 0.4) is 0 Å². The van der Waals surface area contributed by atoms with Crippen molar-refractivity contribution in [3.63, 3.8) is 0 Å². The molecule has 1 aliphatic heterocycles. The van der Waals surface area contributed by atoms with Gasteiger partial charge in [-0.15, -0.1) is 0 Å². The molecule has 7 heteroatoms. The van der Waals surface area contributed by atoms with Crippen molar-refractivity contribution < 1.29 is 4.79 Å². The molecule has 6 nitrogen and oxygen atoms in total. The quantitative estimate of drug-likeness (QED) is 0.755. The predicted molar refractivity (Wildman–Crippen MR) is 105 cm³/mol. The van der Waals surface area contributed by atoms with E-state index in [4.69, 9.17) is 11.6 Å². The molecule has 2 heterocycles. The van der Waals surface area contributed by atoms with Gasteiger partial charge in [-0.05, 0) is 36.4 Å². The number of carbonyl (C=O) groups excluding carboxylic acids is 1. The molecule has 1 amide bonds. The van der Waals surface area contributed by atoms with Crippen LogP contribution in [0.5, 0.6) is 0 Å². The van der Waals surface area contributed by atoms with Crippen molar-refractivity contribution in [1.82, 2.24) is 19.8 Å². The predicted octanol–water partition coefficient (Wildman–Crippen LogP) is 2.53. The first kappa shape index (κ1) is 17.7. The number of piperazine rings is 1. The minimum atomic E-state index is -0.118. The lowest BCUT2D eigenvalue weighted by atomic mass is 10.2. The van der Waals surface area contributed by atoms with Gasteiger partial charge in [0.15, 0.2) is 0 Å². The maximum absolute atomic E-state index is 12.6.